The SMILES string of the molecule is CCn1ncnc1CC(NN)C1CCOCC1. The molecule has 2 rings (SSSR count). The smallest absolute Gasteiger partial charge is 0.138 e. The van der Waals surface area contributed by atoms with Crippen molar-refractivity contribution in [3.8, 4) is 0 Å². The van der Waals surface area contributed by atoms with Gasteiger partial charge < -0.3 is 4.74 Å². The maximum Gasteiger partial charge on any atom is 0.138 e. The van der Waals surface area contributed by atoms with Gasteiger partial charge in [0.2, 0.25) is 0 Å². The van der Waals surface area contributed by atoms with E-state index in [9.17, 15) is 0 Å². The van der Waals surface area contributed by atoms with Crippen molar-refractivity contribution < 1.29 is 4.74 Å². The number of nitrogens with two attached hydrogens (primary N) is 1. The predicted octanol–water partition coefficient (Wildman–Crippen LogP) is 0.0990. The van der Waals surface area contributed by atoms with Gasteiger partial charge in [-0.05, 0) is 25.7 Å². The first-order chi connectivity index (χ1) is 8.35. The third-order valence-electron chi connectivity index (χ3n) is 3.45. The quantitative estimate of drug-likeness (QED) is 0.563. The first kappa shape index (κ1) is 12.5. The van der Waals surface area contributed by atoms with Crippen molar-refractivity contribution in [1.82, 2.24) is 20.2 Å². The molecule has 0 bridgehead atoms. The molecule has 0 amide bonds. The Morgan fingerprint density at radius 3 is 3.00 bits per heavy atom. The van der Waals surface area contributed by atoms with Crippen LogP contribution in [0.3, 0.4) is 0 Å². The lowest BCUT2D eigenvalue weighted by molar-refractivity contribution is 0.0534. The molecule has 96 valence electrons. The number of aryl methyl sites for hydroxylation is 1. The Labute approximate surface area is 102 Å². The Balaban J connectivity index is 1.98. The second-order valence-electron chi connectivity index (χ2n) is 4.42. The predicted molar refractivity (Wildman–Crippen MR) is 64.1 cm³/mol. The summed E-state index contributed by atoms with van der Waals surface area (Å²) in [4.78, 5) is 4.29. The summed E-state index contributed by atoms with van der Waals surface area (Å²) in [5.41, 5.74) is 2.92. The fourth-order valence-electron chi connectivity index (χ4n) is 2.39. The summed E-state index contributed by atoms with van der Waals surface area (Å²) < 4.78 is 7.29. The monoisotopic (exact) mass is 239 g/mol. The van der Waals surface area contributed by atoms with Gasteiger partial charge in [-0.3, -0.25) is 16.0 Å². The number of aromatic nitrogens is 3. The minimum Gasteiger partial charge on any atom is -0.381 e. The molecule has 1 aliphatic rings. The van der Waals surface area contributed by atoms with Gasteiger partial charge in [0, 0.05) is 32.2 Å². The fraction of sp³-hybridized carbons (Fsp3) is 0.818. The van der Waals surface area contributed by atoms with Crippen LogP contribution in [-0.4, -0.2) is 34.0 Å². The minimum atomic E-state index is 0.258. The summed E-state index contributed by atoms with van der Waals surface area (Å²) in [5, 5.41) is 4.18. The van der Waals surface area contributed by atoms with E-state index in [1.165, 1.54) is 0 Å². The molecule has 3 N–H and O–H groups in total. The van der Waals surface area contributed by atoms with E-state index >= 15 is 0 Å². The summed E-state index contributed by atoms with van der Waals surface area (Å²) in [6.07, 6.45) is 4.57. The van der Waals surface area contributed by atoms with E-state index in [4.69, 9.17) is 10.6 Å². The largest absolute Gasteiger partial charge is 0.381 e. The Kier molecular flexibility index (Phi) is 4.47. The Morgan fingerprint density at radius 1 is 1.59 bits per heavy atom. The van der Waals surface area contributed by atoms with E-state index in [1.54, 1.807) is 6.33 Å². The molecule has 6 nitrogen and oxygen atoms in total. The van der Waals surface area contributed by atoms with Gasteiger partial charge in [0.1, 0.15) is 12.2 Å². The second-order valence-corrected chi connectivity index (χ2v) is 4.42. The van der Waals surface area contributed by atoms with Crippen molar-refractivity contribution >= 4 is 0 Å². The van der Waals surface area contributed by atoms with E-state index in [0.717, 1.165) is 44.8 Å². The van der Waals surface area contributed by atoms with Crippen LogP contribution in [-0.2, 0) is 17.7 Å². The number of nitrogens with zero attached hydrogens (tertiary/aromatic N) is 3. The summed E-state index contributed by atoms with van der Waals surface area (Å²) in [5.74, 6) is 7.23. The van der Waals surface area contributed by atoms with Crippen molar-refractivity contribution in [2.45, 2.75) is 38.8 Å². The molecule has 1 atom stereocenters. The second kappa shape index (κ2) is 6.09. The summed E-state index contributed by atoms with van der Waals surface area (Å²) >= 11 is 0. The minimum absolute atomic E-state index is 0.258. The van der Waals surface area contributed by atoms with Gasteiger partial charge in [-0.1, -0.05) is 0 Å². The average molecular weight is 239 g/mol. The zero-order valence-corrected chi connectivity index (χ0v) is 10.3. The highest BCUT2D eigenvalue weighted by Gasteiger charge is 2.24. The molecule has 17 heavy (non-hydrogen) atoms. The molecule has 1 fully saturated rings. The van der Waals surface area contributed by atoms with Crippen LogP contribution in [0, 0.1) is 5.92 Å². The van der Waals surface area contributed by atoms with Crippen LogP contribution in [0.1, 0.15) is 25.6 Å². The highest BCUT2D eigenvalue weighted by atomic mass is 16.5. The average Bonchev–Trinajstić information content (AvgIpc) is 2.84. The van der Waals surface area contributed by atoms with Crippen LogP contribution in [0.15, 0.2) is 6.33 Å². The number of nitrogens with one attached hydrogen (secondary N) is 1. The molecule has 6 heteroatoms. The third kappa shape index (κ3) is 3.02. The number of hydrazine groups is 1. The molecular formula is C11H21N5O. The first-order valence-electron chi connectivity index (χ1n) is 6.25. The topological polar surface area (TPSA) is 78.0 Å². The summed E-state index contributed by atoms with van der Waals surface area (Å²) in [6, 6.07) is 0.258. The van der Waals surface area contributed by atoms with Gasteiger partial charge >= 0.3 is 0 Å². The molecular weight excluding hydrogens is 218 g/mol. The van der Waals surface area contributed by atoms with Gasteiger partial charge in [-0.2, -0.15) is 5.10 Å². The molecule has 1 saturated heterocycles. The van der Waals surface area contributed by atoms with Crippen LogP contribution in [0.4, 0.5) is 0 Å². The summed E-state index contributed by atoms with van der Waals surface area (Å²) in [6.45, 7) is 4.59. The first-order valence-corrected chi connectivity index (χ1v) is 6.25. The highest BCUT2D eigenvalue weighted by Crippen LogP contribution is 2.20. The summed E-state index contributed by atoms with van der Waals surface area (Å²) in [7, 11) is 0. The van der Waals surface area contributed by atoms with Crippen molar-refractivity contribution in [2.24, 2.45) is 11.8 Å². The Hall–Kier alpha value is -0.980. The number of ether oxygens (including phenoxy) is 1. The van der Waals surface area contributed by atoms with E-state index in [2.05, 4.69) is 22.4 Å². The van der Waals surface area contributed by atoms with Crippen molar-refractivity contribution in [1.29, 1.82) is 0 Å². The van der Waals surface area contributed by atoms with E-state index < -0.39 is 0 Å². The lowest BCUT2D eigenvalue weighted by Crippen LogP contribution is -2.44. The van der Waals surface area contributed by atoms with Crippen LogP contribution >= 0.6 is 0 Å². The van der Waals surface area contributed by atoms with E-state index in [1.807, 2.05) is 4.68 Å². The lowest BCUT2D eigenvalue weighted by atomic mass is 9.90. The molecule has 0 aromatic carbocycles. The van der Waals surface area contributed by atoms with E-state index in [0.29, 0.717) is 5.92 Å². The molecule has 0 aliphatic carbocycles. The molecule has 0 spiro atoms. The molecule has 1 aromatic heterocycles. The van der Waals surface area contributed by atoms with Gasteiger partial charge in [0.05, 0.1) is 0 Å². The Morgan fingerprint density at radius 2 is 2.35 bits per heavy atom. The molecule has 2 heterocycles. The Bertz CT molecular complexity index is 334. The highest BCUT2D eigenvalue weighted by molar-refractivity contribution is 4.92. The molecule has 1 unspecified atom stereocenters. The van der Waals surface area contributed by atoms with E-state index in [-0.39, 0.29) is 6.04 Å². The van der Waals surface area contributed by atoms with Gasteiger partial charge in [0.15, 0.2) is 0 Å². The standard InChI is InChI=1S/C11H21N5O/c1-2-16-11(13-8-14-16)7-10(15-12)9-3-5-17-6-4-9/h8-10,15H,2-7,12H2,1H3. The van der Waals surface area contributed by atoms with Crippen molar-refractivity contribution in [3.63, 3.8) is 0 Å². The number of hydrogen-bond acceptors (Lipinski definition) is 5. The van der Waals surface area contributed by atoms with Crippen molar-refractivity contribution in [2.75, 3.05) is 13.2 Å². The number of hydrogen-bond donors (Lipinski definition) is 2. The molecule has 0 radical (unpaired) electrons. The lowest BCUT2D eigenvalue weighted by Gasteiger charge is -2.29. The maximum absolute atomic E-state index is 5.66. The van der Waals surface area contributed by atoms with Crippen LogP contribution < -0.4 is 11.3 Å². The van der Waals surface area contributed by atoms with Crippen LogP contribution in [0.5, 0.6) is 0 Å². The zero-order chi connectivity index (χ0) is 12.1. The maximum atomic E-state index is 5.66. The zero-order valence-electron chi connectivity index (χ0n) is 10.3. The van der Waals surface area contributed by atoms with Gasteiger partial charge in [-0.25, -0.2) is 4.98 Å². The molecule has 1 aliphatic heterocycles. The fourth-order valence-corrected chi connectivity index (χ4v) is 2.39. The number of rotatable bonds is 5. The van der Waals surface area contributed by atoms with Crippen molar-refractivity contribution in [3.05, 3.63) is 12.2 Å². The van der Waals surface area contributed by atoms with Crippen LogP contribution in [0.25, 0.3) is 0 Å². The van der Waals surface area contributed by atoms with Crippen LogP contribution in [0.2, 0.25) is 0 Å². The third-order valence-corrected chi connectivity index (χ3v) is 3.45. The normalized spacial score (nSPS) is 19.4. The molecule has 0 saturated carbocycles. The van der Waals surface area contributed by atoms with Gasteiger partial charge in [-0.15, -0.1) is 0 Å². The van der Waals surface area contributed by atoms with Gasteiger partial charge in [0.25, 0.3) is 0 Å². The molecule has 1 aromatic rings.